The van der Waals surface area contributed by atoms with Crippen LogP contribution in [0.25, 0.3) is 0 Å². The molecule has 1 unspecified atom stereocenters. The smallest absolute Gasteiger partial charge is 0.218 e. The first-order valence-electron chi connectivity index (χ1n) is 7.68. The van der Waals surface area contributed by atoms with E-state index in [0.717, 1.165) is 44.0 Å². The molecule has 0 radical (unpaired) electrons. The quantitative estimate of drug-likeness (QED) is 0.743. The van der Waals surface area contributed by atoms with Crippen LogP contribution in [0.5, 0.6) is 5.88 Å². The fraction of sp³-hybridized carbons (Fsp3) is 0.688. The van der Waals surface area contributed by atoms with Crippen LogP contribution in [0.2, 0.25) is 0 Å². The molecule has 0 saturated carbocycles. The second-order valence-corrected chi connectivity index (χ2v) is 5.59. The molecule has 0 bridgehead atoms. The summed E-state index contributed by atoms with van der Waals surface area (Å²) in [5.74, 6) is 0.745. The van der Waals surface area contributed by atoms with Gasteiger partial charge in [0.15, 0.2) is 0 Å². The fourth-order valence-electron chi connectivity index (χ4n) is 2.44. The Morgan fingerprint density at radius 1 is 1.50 bits per heavy atom. The number of nitrogens with zero attached hydrogens (tertiary/aromatic N) is 1. The second kappa shape index (κ2) is 8.22. The number of hydrogen-bond donors (Lipinski definition) is 1. The minimum absolute atomic E-state index is 0.156. The molecule has 1 N–H and O–H groups in total. The van der Waals surface area contributed by atoms with Crippen molar-refractivity contribution in [2.75, 3.05) is 13.2 Å². The van der Waals surface area contributed by atoms with E-state index in [4.69, 9.17) is 9.47 Å². The molecule has 2 rings (SSSR count). The van der Waals surface area contributed by atoms with Gasteiger partial charge < -0.3 is 14.8 Å². The third-order valence-corrected chi connectivity index (χ3v) is 3.42. The summed E-state index contributed by atoms with van der Waals surface area (Å²) in [4.78, 5) is 4.30. The maximum Gasteiger partial charge on any atom is 0.218 e. The largest absolute Gasteiger partial charge is 0.475 e. The van der Waals surface area contributed by atoms with Crippen molar-refractivity contribution in [1.29, 1.82) is 0 Å². The molecule has 1 aliphatic rings. The molecule has 1 saturated heterocycles. The van der Waals surface area contributed by atoms with Crippen LogP contribution in [0.4, 0.5) is 0 Å². The predicted molar refractivity (Wildman–Crippen MR) is 79.9 cm³/mol. The van der Waals surface area contributed by atoms with Gasteiger partial charge in [0.25, 0.3) is 0 Å². The second-order valence-electron chi connectivity index (χ2n) is 5.59. The lowest BCUT2D eigenvalue weighted by Crippen LogP contribution is -2.18. The van der Waals surface area contributed by atoms with E-state index >= 15 is 0 Å². The molecule has 112 valence electrons. The van der Waals surface area contributed by atoms with Crippen molar-refractivity contribution in [1.82, 2.24) is 10.3 Å². The third-order valence-electron chi connectivity index (χ3n) is 3.42. The molecule has 0 spiro atoms. The van der Waals surface area contributed by atoms with Crippen molar-refractivity contribution in [2.24, 2.45) is 0 Å². The minimum atomic E-state index is 0.156. The predicted octanol–water partition coefficient (Wildman–Crippen LogP) is 2.92. The van der Waals surface area contributed by atoms with Crippen LogP contribution in [-0.4, -0.2) is 30.3 Å². The van der Waals surface area contributed by atoms with E-state index in [2.05, 4.69) is 16.4 Å². The zero-order valence-corrected chi connectivity index (χ0v) is 12.6. The number of aromatic nitrogens is 1. The molecule has 1 atom stereocenters. The Labute approximate surface area is 121 Å². The maximum absolute atomic E-state index is 5.71. The number of rotatable bonds is 8. The molecule has 0 aromatic carbocycles. The summed E-state index contributed by atoms with van der Waals surface area (Å²) >= 11 is 0. The van der Waals surface area contributed by atoms with Crippen LogP contribution in [0.3, 0.4) is 0 Å². The summed E-state index contributed by atoms with van der Waals surface area (Å²) in [6.45, 7) is 6.81. The Bertz CT molecular complexity index is 390. The molecular formula is C16H26N2O2. The zero-order chi connectivity index (χ0) is 14.2. The molecule has 20 heavy (non-hydrogen) atoms. The molecule has 2 heterocycles. The Kier molecular flexibility index (Phi) is 6.27. The van der Waals surface area contributed by atoms with Crippen LogP contribution < -0.4 is 10.1 Å². The average molecular weight is 278 g/mol. The summed E-state index contributed by atoms with van der Waals surface area (Å²) in [5, 5.41) is 3.46. The molecule has 1 aromatic rings. The molecule has 1 aromatic heterocycles. The highest BCUT2D eigenvalue weighted by Crippen LogP contribution is 2.17. The lowest BCUT2D eigenvalue weighted by molar-refractivity contribution is 0.102. The molecule has 4 heteroatoms. The molecular weight excluding hydrogens is 252 g/mol. The van der Waals surface area contributed by atoms with Gasteiger partial charge in [-0.1, -0.05) is 6.07 Å². The van der Waals surface area contributed by atoms with Gasteiger partial charge in [-0.05, 0) is 52.1 Å². The monoisotopic (exact) mass is 278 g/mol. The average Bonchev–Trinajstić information content (AvgIpc) is 2.93. The minimum Gasteiger partial charge on any atom is -0.475 e. The van der Waals surface area contributed by atoms with Gasteiger partial charge in [-0.15, -0.1) is 0 Å². The standard InChI is InChI=1S/C16H26N2O2/c1-13(2)20-16-14(6-3-10-18-16)12-17-9-4-7-15-8-5-11-19-15/h3,6,10,13,15,17H,4-5,7-9,11-12H2,1-2H3. The van der Waals surface area contributed by atoms with Gasteiger partial charge in [0.1, 0.15) is 0 Å². The van der Waals surface area contributed by atoms with E-state index in [1.807, 2.05) is 19.9 Å². The summed E-state index contributed by atoms with van der Waals surface area (Å²) in [7, 11) is 0. The lowest BCUT2D eigenvalue weighted by Gasteiger charge is -2.13. The summed E-state index contributed by atoms with van der Waals surface area (Å²) in [6, 6.07) is 4.02. The Morgan fingerprint density at radius 2 is 2.40 bits per heavy atom. The van der Waals surface area contributed by atoms with Crippen LogP contribution in [-0.2, 0) is 11.3 Å². The van der Waals surface area contributed by atoms with Gasteiger partial charge in [0.2, 0.25) is 5.88 Å². The zero-order valence-electron chi connectivity index (χ0n) is 12.6. The topological polar surface area (TPSA) is 43.4 Å². The Hall–Kier alpha value is -1.13. The first-order chi connectivity index (χ1) is 9.75. The molecule has 4 nitrogen and oxygen atoms in total. The lowest BCUT2D eigenvalue weighted by atomic mass is 10.1. The highest BCUT2D eigenvalue weighted by molar-refractivity contribution is 5.25. The molecule has 1 fully saturated rings. The van der Waals surface area contributed by atoms with Gasteiger partial charge >= 0.3 is 0 Å². The van der Waals surface area contributed by atoms with Gasteiger partial charge in [-0.3, -0.25) is 0 Å². The van der Waals surface area contributed by atoms with Crippen LogP contribution in [0, 0.1) is 0 Å². The van der Waals surface area contributed by atoms with Crippen molar-refractivity contribution < 1.29 is 9.47 Å². The van der Waals surface area contributed by atoms with Crippen LogP contribution >= 0.6 is 0 Å². The van der Waals surface area contributed by atoms with E-state index < -0.39 is 0 Å². The summed E-state index contributed by atoms with van der Waals surface area (Å²) < 4.78 is 11.3. The highest BCUT2D eigenvalue weighted by atomic mass is 16.5. The van der Waals surface area contributed by atoms with Gasteiger partial charge in [0, 0.05) is 24.9 Å². The summed E-state index contributed by atoms with van der Waals surface area (Å²) in [6.07, 6.45) is 7.20. The van der Waals surface area contributed by atoms with Crippen molar-refractivity contribution >= 4 is 0 Å². The first kappa shape index (κ1) is 15.3. The van der Waals surface area contributed by atoms with Crippen molar-refractivity contribution in [3.05, 3.63) is 23.9 Å². The third kappa shape index (κ3) is 5.10. The normalized spacial score (nSPS) is 18.6. The summed E-state index contributed by atoms with van der Waals surface area (Å²) in [5.41, 5.74) is 1.12. The van der Waals surface area contributed by atoms with Crippen LogP contribution in [0.15, 0.2) is 18.3 Å². The Balaban J connectivity index is 1.67. The fourth-order valence-corrected chi connectivity index (χ4v) is 2.44. The van der Waals surface area contributed by atoms with Gasteiger partial charge in [0.05, 0.1) is 12.2 Å². The molecule has 1 aliphatic heterocycles. The van der Waals surface area contributed by atoms with Crippen molar-refractivity contribution in [2.45, 2.75) is 58.3 Å². The number of pyridine rings is 1. The molecule has 0 amide bonds. The van der Waals surface area contributed by atoms with Gasteiger partial charge in [-0.2, -0.15) is 0 Å². The van der Waals surface area contributed by atoms with E-state index in [1.165, 1.54) is 12.8 Å². The van der Waals surface area contributed by atoms with E-state index in [-0.39, 0.29) is 6.10 Å². The van der Waals surface area contributed by atoms with E-state index in [9.17, 15) is 0 Å². The number of nitrogens with one attached hydrogen (secondary N) is 1. The van der Waals surface area contributed by atoms with Crippen LogP contribution in [0.1, 0.15) is 45.1 Å². The number of hydrogen-bond acceptors (Lipinski definition) is 4. The first-order valence-corrected chi connectivity index (χ1v) is 7.68. The maximum atomic E-state index is 5.71. The van der Waals surface area contributed by atoms with E-state index in [1.54, 1.807) is 6.20 Å². The van der Waals surface area contributed by atoms with Gasteiger partial charge in [-0.25, -0.2) is 4.98 Å². The van der Waals surface area contributed by atoms with E-state index in [0.29, 0.717) is 6.10 Å². The van der Waals surface area contributed by atoms with Crippen molar-refractivity contribution in [3.63, 3.8) is 0 Å². The Morgan fingerprint density at radius 3 is 3.15 bits per heavy atom. The number of ether oxygens (including phenoxy) is 2. The molecule has 0 aliphatic carbocycles. The highest BCUT2D eigenvalue weighted by Gasteiger charge is 2.14. The van der Waals surface area contributed by atoms with Crippen molar-refractivity contribution in [3.8, 4) is 5.88 Å². The SMILES string of the molecule is CC(C)Oc1ncccc1CNCCCC1CCCO1.